The number of pyridine rings is 1. The van der Waals surface area contributed by atoms with Gasteiger partial charge < -0.3 is 20.9 Å². The van der Waals surface area contributed by atoms with E-state index in [9.17, 15) is 0 Å². The molecule has 4 heterocycles. The third kappa shape index (κ3) is 4.95. The summed E-state index contributed by atoms with van der Waals surface area (Å²) in [7, 11) is 0. The van der Waals surface area contributed by atoms with Crippen LogP contribution in [-0.2, 0) is 0 Å². The molecule has 5 nitrogen and oxygen atoms in total. The molecular weight excluding hydrogens is 550 g/mol. The van der Waals surface area contributed by atoms with Gasteiger partial charge in [-0.05, 0) is 78.5 Å². The van der Waals surface area contributed by atoms with Gasteiger partial charge >= 0.3 is 0 Å². The van der Waals surface area contributed by atoms with Gasteiger partial charge in [0.25, 0.3) is 0 Å². The first-order valence-corrected chi connectivity index (χ1v) is 16.0. The van der Waals surface area contributed by atoms with Gasteiger partial charge in [0.1, 0.15) is 6.17 Å². The second-order valence-corrected chi connectivity index (χ2v) is 12.2. The molecule has 5 heteroatoms. The van der Waals surface area contributed by atoms with E-state index < -0.39 is 0 Å². The van der Waals surface area contributed by atoms with E-state index in [-0.39, 0.29) is 6.17 Å². The maximum atomic E-state index is 4.37. The highest BCUT2D eigenvalue weighted by molar-refractivity contribution is 5.87. The van der Waals surface area contributed by atoms with E-state index in [1.54, 1.807) is 0 Å². The molecule has 0 bridgehead atoms. The Kier molecular flexibility index (Phi) is 7.07. The quantitative estimate of drug-likeness (QED) is 0.283. The van der Waals surface area contributed by atoms with Crippen molar-refractivity contribution in [2.45, 2.75) is 32.4 Å². The zero-order valence-corrected chi connectivity index (χ0v) is 25.5. The summed E-state index contributed by atoms with van der Waals surface area (Å²) >= 11 is 0. The molecule has 0 amide bonds. The smallest absolute Gasteiger partial charge is 0.130 e. The fourth-order valence-electron chi connectivity index (χ4n) is 7.24. The minimum absolute atomic E-state index is 0.0362. The van der Waals surface area contributed by atoms with Gasteiger partial charge in [0.05, 0.1) is 12.2 Å². The van der Waals surface area contributed by atoms with Crippen molar-refractivity contribution in [1.82, 2.24) is 25.8 Å². The Morgan fingerprint density at radius 2 is 1.73 bits per heavy atom. The average molecular weight is 588 g/mol. The van der Waals surface area contributed by atoms with E-state index >= 15 is 0 Å². The minimum Gasteiger partial charge on any atom is -0.385 e. The number of benzene rings is 2. The topological polar surface area (TPSA) is 52.2 Å². The van der Waals surface area contributed by atoms with Gasteiger partial charge in [-0.15, -0.1) is 0 Å². The summed E-state index contributed by atoms with van der Waals surface area (Å²) in [5.74, 6) is 0.318. The van der Waals surface area contributed by atoms with Gasteiger partial charge in [-0.2, -0.15) is 0 Å². The van der Waals surface area contributed by atoms with Crippen LogP contribution in [0.3, 0.4) is 0 Å². The van der Waals surface area contributed by atoms with Crippen molar-refractivity contribution in [3.8, 4) is 0 Å². The Labute approximate surface area is 265 Å². The summed E-state index contributed by atoms with van der Waals surface area (Å²) in [6.07, 6.45) is 24.7. The van der Waals surface area contributed by atoms with Crippen LogP contribution in [0.5, 0.6) is 0 Å². The van der Waals surface area contributed by atoms with Crippen LogP contribution in [-0.4, -0.2) is 16.4 Å². The molecule has 2 unspecified atom stereocenters. The summed E-state index contributed by atoms with van der Waals surface area (Å²) in [6.45, 7) is 3.10. The third-order valence-corrected chi connectivity index (χ3v) is 9.31. The van der Waals surface area contributed by atoms with E-state index in [0.29, 0.717) is 5.92 Å². The van der Waals surface area contributed by atoms with Gasteiger partial charge in [0.2, 0.25) is 0 Å². The van der Waals surface area contributed by atoms with Crippen LogP contribution in [0.2, 0.25) is 0 Å². The molecule has 2 aromatic carbocycles. The molecule has 3 N–H and O–H groups in total. The molecule has 3 aromatic rings. The van der Waals surface area contributed by atoms with Crippen molar-refractivity contribution in [1.29, 1.82) is 0 Å². The average Bonchev–Trinajstić information content (AvgIpc) is 3.22. The second-order valence-electron chi connectivity index (χ2n) is 12.2. The van der Waals surface area contributed by atoms with E-state index in [1.165, 1.54) is 50.5 Å². The predicted molar refractivity (Wildman–Crippen MR) is 183 cm³/mol. The zero-order chi connectivity index (χ0) is 30.2. The van der Waals surface area contributed by atoms with E-state index in [4.69, 9.17) is 0 Å². The van der Waals surface area contributed by atoms with Crippen molar-refractivity contribution in [2.75, 3.05) is 6.54 Å². The normalized spacial score (nSPS) is 22.0. The highest BCUT2D eigenvalue weighted by Crippen LogP contribution is 2.48. The number of hydrogen-bond donors (Lipinski definition) is 3. The number of allylic oxidation sites excluding steroid dienone is 9. The molecule has 2 aliphatic carbocycles. The van der Waals surface area contributed by atoms with Crippen molar-refractivity contribution >= 4 is 17.2 Å². The Balaban J connectivity index is 1.37. The van der Waals surface area contributed by atoms with Crippen LogP contribution >= 0.6 is 0 Å². The summed E-state index contributed by atoms with van der Waals surface area (Å²) in [6, 6.07) is 23.8. The van der Waals surface area contributed by atoms with Crippen LogP contribution in [0.1, 0.15) is 54.6 Å². The van der Waals surface area contributed by atoms with Crippen LogP contribution < -0.4 is 16.0 Å². The fourth-order valence-corrected chi connectivity index (χ4v) is 7.24. The summed E-state index contributed by atoms with van der Waals surface area (Å²) in [5, 5.41) is 11.4. The molecule has 8 rings (SSSR count). The first-order chi connectivity index (χ1) is 22.3. The lowest BCUT2D eigenvalue weighted by atomic mass is 9.83. The Bertz CT molecular complexity index is 1880. The number of aromatic nitrogens is 1. The molecule has 3 aliphatic heterocycles. The van der Waals surface area contributed by atoms with Crippen LogP contribution in [0.4, 0.5) is 0 Å². The molecule has 45 heavy (non-hydrogen) atoms. The first kappa shape index (κ1) is 27.3. The Hall–Kier alpha value is -5.29. The highest BCUT2D eigenvalue weighted by Gasteiger charge is 2.38. The number of nitrogens with one attached hydrogen (secondary N) is 3. The van der Waals surface area contributed by atoms with Gasteiger partial charge in [0, 0.05) is 63.5 Å². The summed E-state index contributed by atoms with van der Waals surface area (Å²) < 4.78 is 0. The number of nitrogens with zero attached hydrogens (tertiary/aromatic N) is 2. The number of hydrogen-bond acceptors (Lipinski definition) is 5. The molecule has 222 valence electrons. The monoisotopic (exact) mass is 587 g/mol. The molecule has 2 atom stereocenters. The van der Waals surface area contributed by atoms with Gasteiger partial charge in [0.15, 0.2) is 0 Å². The number of rotatable bonds is 5. The van der Waals surface area contributed by atoms with E-state index in [0.717, 1.165) is 42.6 Å². The van der Waals surface area contributed by atoms with Crippen molar-refractivity contribution in [3.63, 3.8) is 0 Å². The molecule has 0 fully saturated rings. The van der Waals surface area contributed by atoms with Crippen molar-refractivity contribution < 1.29 is 0 Å². The number of dihydropyridines is 1. The van der Waals surface area contributed by atoms with Crippen molar-refractivity contribution in [2.24, 2.45) is 5.92 Å². The lowest BCUT2D eigenvalue weighted by molar-refractivity contribution is 0.296. The molecule has 5 aliphatic rings. The Morgan fingerprint density at radius 3 is 2.62 bits per heavy atom. The van der Waals surface area contributed by atoms with Gasteiger partial charge in [-0.3, -0.25) is 4.98 Å². The lowest BCUT2D eigenvalue weighted by Crippen LogP contribution is -2.38. The lowest BCUT2D eigenvalue weighted by Gasteiger charge is -2.41. The zero-order valence-electron chi connectivity index (χ0n) is 25.5. The maximum Gasteiger partial charge on any atom is 0.130 e. The molecule has 0 radical (unpaired) electrons. The number of fused-ring (bicyclic) bond motifs is 1. The van der Waals surface area contributed by atoms with Gasteiger partial charge in [-0.1, -0.05) is 79.7 Å². The molecule has 0 saturated carbocycles. The Morgan fingerprint density at radius 1 is 0.889 bits per heavy atom. The first-order valence-electron chi connectivity index (χ1n) is 16.0. The minimum atomic E-state index is -0.0362. The maximum absolute atomic E-state index is 4.37. The predicted octanol–water partition coefficient (Wildman–Crippen LogP) is 7.95. The van der Waals surface area contributed by atoms with Crippen LogP contribution in [0.15, 0.2) is 156 Å². The standard InChI is InChI=1S/C40H37N5/c1-27-11-9-19-36-37(27)39(44-32-23-31(25-42-26-32)30-15-10-21-41-24-30)38(29-13-3-2-4-14-29)34-17-7-8-18-35(34)45(36)40-33-16-6-5-12-28(33)20-22-43-40/h2-6,8-10,12-16,18-25,27,40,42-44H,7,11,17,26H2,1H3. The molecular formula is C40H37N5. The van der Waals surface area contributed by atoms with Crippen LogP contribution in [0.25, 0.3) is 17.2 Å². The third-order valence-electron chi connectivity index (χ3n) is 9.31. The van der Waals surface area contributed by atoms with Gasteiger partial charge in [-0.25, -0.2) is 0 Å². The van der Waals surface area contributed by atoms with Crippen LogP contribution in [0, 0.1) is 5.92 Å². The van der Waals surface area contributed by atoms with Crippen molar-refractivity contribution in [3.05, 3.63) is 178 Å². The molecule has 1 aromatic heterocycles. The largest absolute Gasteiger partial charge is 0.385 e. The fraction of sp³-hybridized carbons (Fsp3) is 0.175. The SMILES string of the molecule is CC1CC=CC2=C1C(NC1=CC(c3cccnc3)=CNC1)=C(c1ccccc1)C1=C(C=CCC1)N2C1NC=Cc2ccccc21. The highest BCUT2D eigenvalue weighted by atomic mass is 15.3. The summed E-state index contributed by atoms with van der Waals surface area (Å²) in [5.41, 5.74) is 14.9. The second kappa shape index (κ2) is 11.7. The van der Waals surface area contributed by atoms with E-state index in [2.05, 4.69) is 142 Å². The molecule has 0 spiro atoms. The molecule has 0 saturated heterocycles. The van der Waals surface area contributed by atoms with E-state index in [1.807, 2.05) is 18.5 Å². The summed E-state index contributed by atoms with van der Waals surface area (Å²) in [4.78, 5) is 6.94.